The minimum absolute atomic E-state index is 0.100. The molecule has 0 fully saturated rings. The van der Waals surface area contributed by atoms with E-state index in [9.17, 15) is 4.79 Å². The first-order chi connectivity index (χ1) is 21.8. The summed E-state index contributed by atoms with van der Waals surface area (Å²) in [5.41, 5.74) is 6.96. The van der Waals surface area contributed by atoms with Crippen LogP contribution in [-0.2, 0) is 13.0 Å². The average Bonchev–Trinajstić information content (AvgIpc) is 3.34. The number of halogens is 4. The number of aromatic nitrogens is 1. The van der Waals surface area contributed by atoms with Gasteiger partial charge in [0.25, 0.3) is 5.56 Å². The molecular formula is C35H24BrCl3N2O3S. The van der Waals surface area contributed by atoms with Crippen LogP contribution < -0.4 is 24.4 Å². The molecule has 0 N–H and O–H groups in total. The molecule has 0 amide bonds. The summed E-state index contributed by atoms with van der Waals surface area (Å²) in [6.07, 6.45) is 3.58. The third-order valence-corrected chi connectivity index (χ3v) is 10.4. The van der Waals surface area contributed by atoms with E-state index in [-0.39, 0.29) is 18.2 Å². The highest BCUT2D eigenvalue weighted by Crippen LogP contribution is 2.42. The van der Waals surface area contributed by atoms with Crippen LogP contribution in [0.3, 0.4) is 0 Å². The molecule has 0 unspecified atom stereocenters. The molecule has 1 atom stereocenters. The summed E-state index contributed by atoms with van der Waals surface area (Å²) in [5, 5.41) is 1.73. The third-order valence-electron chi connectivity index (χ3n) is 8.00. The molecule has 226 valence electrons. The van der Waals surface area contributed by atoms with Crippen LogP contribution in [-0.4, -0.2) is 11.7 Å². The second kappa shape index (κ2) is 12.5. The Morgan fingerprint density at radius 2 is 1.78 bits per heavy atom. The van der Waals surface area contributed by atoms with Gasteiger partial charge in [0.05, 0.1) is 27.9 Å². The van der Waals surface area contributed by atoms with Gasteiger partial charge in [0, 0.05) is 26.2 Å². The molecule has 1 aliphatic heterocycles. The number of hydrogen-bond acceptors (Lipinski definition) is 5. The zero-order valence-corrected chi connectivity index (χ0v) is 28.5. The molecule has 0 spiro atoms. The Bertz CT molecular complexity index is 2190. The maximum Gasteiger partial charge on any atom is 0.271 e. The largest absolute Gasteiger partial charge is 0.493 e. The fourth-order valence-corrected chi connectivity index (χ4v) is 8.03. The summed E-state index contributed by atoms with van der Waals surface area (Å²) >= 11 is 23.7. The Morgan fingerprint density at radius 1 is 1.00 bits per heavy atom. The van der Waals surface area contributed by atoms with Gasteiger partial charge in [0.1, 0.15) is 6.61 Å². The molecule has 7 rings (SSSR count). The van der Waals surface area contributed by atoms with E-state index in [1.54, 1.807) is 19.2 Å². The summed E-state index contributed by atoms with van der Waals surface area (Å²) in [6.45, 7) is 0.224. The highest BCUT2D eigenvalue weighted by Gasteiger charge is 2.32. The predicted molar refractivity (Wildman–Crippen MR) is 186 cm³/mol. The highest BCUT2D eigenvalue weighted by atomic mass is 79.9. The van der Waals surface area contributed by atoms with Crippen molar-refractivity contribution in [2.24, 2.45) is 4.99 Å². The number of allylic oxidation sites excluding steroid dienone is 1. The number of rotatable bonds is 6. The van der Waals surface area contributed by atoms with Crippen molar-refractivity contribution in [1.82, 2.24) is 4.57 Å². The SMILES string of the molecule is COc1cc(/C=c2/sc3n(c2=O)[C@H](c2ccc(Cl)cc2)C2=C(N=3)c3ccccc3CC2)cc(Br)c1OCc1ccc(Cl)cc1Cl. The van der Waals surface area contributed by atoms with Crippen LogP contribution in [0.4, 0.5) is 0 Å². The van der Waals surface area contributed by atoms with Gasteiger partial charge in [0.2, 0.25) is 0 Å². The topological polar surface area (TPSA) is 52.8 Å². The standard InChI is InChI=1S/C35H24BrCl3N2O3S/c1-43-29-15-19(14-27(36)33(29)44-18-22-8-12-24(38)17-28(22)39)16-30-34(42)41-32(21-6-10-23(37)11-7-21)26-13-9-20-4-2-3-5-25(20)31(26)40-35(41)45-30/h2-8,10-12,14-17,32H,9,13,18H2,1H3/b30-16+/t32-/m1/s1. The molecule has 5 aromatic rings. The lowest BCUT2D eigenvalue weighted by Crippen LogP contribution is -2.38. The Hall–Kier alpha value is -3.33. The molecule has 0 radical (unpaired) electrons. The third kappa shape index (κ3) is 5.77. The maximum atomic E-state index is 14.2. The number of hydrogen-bond donors (Lipinski definition) is 0. The summed E-state index contributed by atoms with van der Waals surface area (Å²) in [5.74, 6) is 1.04. The minimum Gasteiger partial charge on any atom is -0.493 e. The van der Waals surface area contributed by atoms with Gasteiger partial charge in [-0.2, -0.15) is 0 Å². The van der Waals surface area contributed by atoms with Crippen LogP contribution in [0.1, 0.15) is 40.3 Å². The van der Waals surface area contributed by atoms with Gasteiger partial charge >= 0.3 is 0 Å². The monoisotopic (exact) mass is 736 g/mol. The highest BCUT2D eigenvalue weighted by molar-refractivity contribution is 9.10. The van der Waals surface area contributed by atoms with Crippen molar-refractivity contribution in [3.8, 4) is 11.5 Å². The number of thiazole rings is 1. The van der Waals surface area contributed by atoms with E-state index in [2.05, 4.69) is 34.1 Å². The lowest BCUT2D eigenvalue weighted by molar-refractivity contribution is 0.282. The van der Waals surface area contributed by atoms with Gasteiger partial charge in [-0.15, -0.1) is 0 Å². The first kappa shape index (κ1) is 30.3. The predicted octanol–water partition coefficient (Wildman–Crippen LogP) is 8.63. The van der Waals surface area contributed by atoms with Gasteiger partial charge in [-0.25, -0.2) is 4.99 Å². The van der Waals surface area contributed by atoms with Crippen LogP contribution in [0, 0.1) is 0 Å². The van der Waals surface area contributed by atoms with Crippen molar-refractivity contribution in [3.63, 3.8) is 0 Å². The lowest BCUT2D eigenvalue weighted by atomic mass is 9.83. The zero-order chi connectivity index (χ0) is 31.2. The van der Waals surface area contributed by atoms with Crippen LogP contribution in [0.2, 0.25) is 15.1 Å². The Morgan fingerprint density at radius 3 is 2.56 bits per heavy atom. The number of aryl methyl sites for hydroxylation is 1. The molecule has 0 saturated heterocycles. The van der Waals surface area contributed by atoms with Crippen molar-refractivity contribution in [2.75, 3.05) is 7.11 Å². The molecule has 10 heteroatoms. The lowest BCUT2D eigenvalue weighted by Gasteiger charge is -2.30. The van der Waals surface area contributed by atoms with E-state index in [0.717, 1.165) is 46.4 Å². The summed E-state index contributed by atoms with van der Waals surface area (Å²) in [4.78, 5) is 19.9. The van der Waals surface area contributed by atoms with Crippen molar-refractivity contribution < 1.29 is 9.47 Å². The molecule has 0 bridgehead atoms. The molecule has 0 saturated carbocycles. The summed E-state index contributed by atoms with van der Waals surface area (Å²) in [7, 11) is 1.58. The number of nitrogens with zero attached hydrogens (tertiary/aromatic N) is 2. The van der Waals surface area contributed by atoms with Crippen LogP contribution >= 0.6 is 62.1 Å². The van der Waals surface area contributed by atoms with Crippen LogP contribution in [0.5, 0.6) is 11.5 Å². The Labute approximate surface area is 286 Å². The maximum absolute atomic E-state index is 14.2. The van der Waals surface area contributed by atoms with Gasteiger partial charge in [-0.05, 0) is 93.5 Å². The second-order valence-corrected chi connectivity index (χ2v) is 13.9. The summed E-state index contributed by atoms with van der Waals surface area (Å²) < 4.78 is 14.9. The Kier molecular flexibility index (Phi) is 8.40. The molecule has 1 aromatic heterocycles. The fraction of sp³-hybridized carbons (Fsp3) is 0.143. The van der Waals surface area contributed by atoms with E-state index >= 15 is 0 Å². The average molecular weight is 739 g/mol. The fourth-order valence-electron chi connectivity index (χ4n) is 5.87. The second-order valence-electron chi connectivity index (χ2n) is 10.7. The van der Waals surface area contributed by atoms with E-state index in [1.807, 2.05) is 59.2 Å². The van der Waals surface area contributed by atoms with E-state index in [1.165, 1.54) is 16.9 Å². The van der Waals surface area contributed by atoms with E-state index in [4.69, 9.17) is 49.3 Å². The molecular weight excluding hydrogens is 715 g/mol. The number of benzene rings is 4. The number of methoxy groups -OCH3 is 1. The van der Waals surface area contributed by atoms with Gasteiger partial charge < -0.3 is 9.47 Å². The van der Waals surface area contributed by atoms with Crippen molar-refractivity contribution >= 4 is 73.8 Å². The first-order valence-electron chi connectivity index (χ1n) is 14.1. The molecule has 45 heavy (non-hydrogen) atoms. The van der Waals surface area contributed by atoms with Crippen molar-refractivity contribution in [3.05, 3.63) is 151 Å². The first-order valence-corrected chi connectivity index (χ1v) is 16.9. The van der Waals surface area contributed by atoms with Gasteiger partial charge in [-0.1, -0.05) is 88.6 Å². The smallest absolute Gasteiger partial charge is 0.271 e. The zero-order valence-electron chi connectivity index (χ0n) is 23.8. The molecule has 4 aromatic carbocycles. The number of ether oxygens (including phenoxy) is 2. The molecule has 5 nitrogen and oxygen atoms in total. The summed E-state index contributed by atoms with van der Waals surface area (Å²) in [6, 6.07) is 24.9. The molecule has 1 aliphatic carbocycles. The van der Waals surface area contributed by atoms with Crippen LogP contribution in [0.15, 0.2) is 98.7 Å². The Balaban J connectivity index is 1.31. The van der Waals surface area contributed by atoms with E-state index in [0.29, 0.717) is 40.4 Å². The quantitative estimate of drug-likeness (QED) is 0.175. The minimum atomic E-state index is -0.277. The molecule has 2 heterocycles. The normalized spacial score (nSPS) is 15.7. The van der Waals surface area contributed by atoms with Crippen molar-refractivity contribution in [1.29, 1.82) is 0 Å². The number of fused-ring (bicyclic) bond motifs is 3. The van der Waals surface area contributed by atoms with Gasteiger partial charge in [0.15, 0.2) is 16.3 Å². The molecule has 2 aliphatic rings. The van der Waals surface area contributed by atoms with Crippen molar-refractivity contribution in [2.45, 2.75) is 25.5 Å². The van der Waals surface area contributed by atoms with Gasteiger partial charge in [-0.3, -0.25) is 9.36 Å². The van der Waals surface area contributed by atoms with E-state index < -0.39 is 0 Å². The van der Waals surface area contributed by atoms with Crippen LogP contribution in [0.25, 0.3) is 11.8 Å².